The third-order valence-corrected chi connectivity index (χ3v) is 6.14. The molecule has 0 heterocycles. The van der Waals surface area contributed by atoms with Crippen molar-refractivity contribution >= 4 is 21.6 Å². The predicted molar refractivity (Wildman–Crippen MR) is 99.9 cm³/mol. The minimum Gasteiger partial charge on any atom is -0.326 e. The van der Waals surface area contributed by atoms with Crippen LogP contribution in [0.2, 0.25) is 0 Å². The summed E-state index contributed by atoms with van der Waals surface area (Å²) in [5, 5.41) is 2.73. The van der Waals surface area contributed by atoms with Gasteiger partial charge in [-0.2, -0.15) is 4.31 Å². The number of benzene rings is 2. The van der Waals surface area contributed by atoms with Gasteiger partial charge < -0.3 is 5.32 Å². The summed E-state index contributed by atoms with van der Waals surface area (Å²) in [6.07, 6.45) is 0.750. The molecule has 7 heteroatoms. The van der Waals surface area contributed by atoms with Crippen LogP contribution in [0.15, 0.2) is 53.4 Å². The molecule has 2 aromatic carbocycles. The van der Waals surface area contributed by atoms with Gasteiger partial charge in [0.25, 0.3) is 0 Å². The highest BCUT2D eigenvalue weighted by Crippen LogP contribution is 2.19. The number of aryl methyl sites for hydroxylation is 1. The van der Waals surface area contributed by atoms with E-state index in [0.717, 1.165) is 5.56 Å². The fourth-order valence-corrected chi connectivity index (χ4v) is 3.65. The Labute approximate surface area is 153 Å². The summed E-state index contributed by atoms with van der Waals surface area (Å²) in [7, 11) is -2.01. The van der Waals surface area contributed by atoms with Crippen LogP contribution < -0.4 is 5.32 Å². The highest BCUT2D eigenvalue weighted by atomic mass is 32.2. The lowest BCUT2D eigenvalue weighted by molar-refractivity contribution is -0.116. The van der Waals surface area contributed by atoms with E-state index < -0.39 is 10.0 Å². The topological polar surface area (TPSA) is 66.5 Å². The van der Waals surface area contributed by atoms with Crippen LogP contribution in [0.1, 0.15) is 25.8 Å². The molecule has 0 saturated carbocycles. The monoisotopic (exact) mass is 378 g/mol. The van der Waals surface area contributed by atoms with Gasteiger partial charge in [-0.05, 0) is 62.2 Å². The fraction of sp³-hybridized carbons (Fsp3) is 0.316. The number of sulfonamides is 1. The Kier molecular flexibility index (Phi) is 6.50. The standard InChI is InChI=1S/C19H23FN2O3S/c1-14(2)22(3)26(24,25)18-11-9-17(10-12-18)21-19(23)13-6-15-4-7-16(20)8-5-15/h4-5,7-12,14H,6,13H2,1-3H3,(H,21,23). The van der Waals surface area contributed by atoms with Crippen LogP contribution in [0.3, 0.4) is 0 Å². The summed E-state index contributed by atoms with van der Waals surface area (Å²) in [6.45, 7) is 3.60. The zero-order valence-corrected chi connectivity index (χ0v) is 15.9. The minimum atomic E-state index is -3.54. The maximum absolute atomic E-state index is 12.9. The van der Waals surface area contributed by atoms with E-state index in [2.05, 4.69) is 5.32 Å². The van der Waals surface area contributed by atoms with Crippen molar-refractivity contribution < 1.29 is 17.6 Å². The molecule has 0 radical (unpaired) electrons. The van der Waals surface area contributed by atoms with Crippen molar-refractivity contribution in [2.45, 2.75) is 37.6 Å². The number of hydrogen-bond donors (Lipinski definition) is 1. The molecule has 0 spiro atoms. The molecule has 5 nitrogen and oxygen atoms in total. The van der Waals surface area contributed by atoms with Crippen LogP contribution in [0.4, 0.5) is 10.1 Å². The molecule has 1 amide bonds. The van der Waals surface area contributed by atoms with E-state index >= 15 is 0 Å². The molecule has 0 aliphatic heterocycles. The molecule has 1 N–H and O–H groups in total. The number of rotatable bonds is 7. The van der Waals surface area contributed by atoms with Gasteiger partial charge in [-0.25, -0.2) is 12.8 Å². The molecule has 0 bridgehead atoms. The second-order valence-corrected chi connectivity index (χ2v) is 8.31. The summed E-state index contributed by atoms with van der Waals surface area (Å²) in [4.78, 5) is 12.2. The summed E-state index contributed by atoms with van der Waals surface area (Å²) in [6, 6.07) is 12.0. The Morgan fingerprint density at radius 3 is 2.19 bits per heavy atom. The molecule has 0 aliphatic carbocycles. The normalized spacial score (nSPS) is 11.8. The molecule has 0 atom stereocenters. The first-order chi connectivity index (χ1) is 12.2. The van der Waals surface area contributed by atoms with Crippen molar-refractivity contribution in [2.75, 3.05) is 12.4 Å². The highest BCUT2D eigenvalue weighted by Gasteiger charge is 2.22. The zero-order valence-electron chi connectivity index (χ0n) is 15.1. The molecule has 2 aromatic rings. The summed E-state index contributed by atoms with van der Waals surface area (Å²) in [5.74, 6) is -0.499. The number of halogens is 1. The minimum absolute atomic E-state index is 0.147. The van der Waals surface area contributed by atoms with Crippen molar-refractivity contribution in [1.82, 2.24) is 4.31 Å². The van der Waals surface area contributed by atoms with Crippen molar-refractivity contribution in [3.8, 4) is 0 Å². The Balaban J connectivity index is 1.96. The van der Waals surface area contributed by atoms with Gasteiger partial charge in [0, 0.05) is 25.2 Å². The Hall–Kier alpha value is -2.25. The average molecular weight is 378 g/mol. The molecular weight excluding hydrogens is 355 g/mol. The van der Waals surface area contributed by atoms with Crippen LogP contribution in [-0.4, -0.2) is 31.7 Å². The van der Waals surface area contributed by atoms with E-state index in [4.69, 9.17) is 0 Å². The number of nitrogens with zero attached hydrogens (tertiary/aromatic N) is 1. The van der Waals surface area contributed by atoms with Gasteiger partial charge in [-0.1, -0.05) is 12.1 Å². The number of carbonyl (C=O) groups excluding carboxylic acids is 1. The zero-order chi connectivity index (χ0) is 19.3. The second kappa shape index (κ2) is 8.42. The van der Waals surface area contributed by atoms with Gasteiger partial charge in [0.1, 0.15) is 5.82 Å². The number of hydrogen-bond acceptors (Lipinski definition) is 3. The number of amides is 1. The maximum atomic E-state index is 12.9. The first kappa shape index (κ1) is 20.1. The molecule has 26 heavy (non-hydrogen) atoms. The third kappa shape index (κ3) is 5.12. The molecule has 0 unspecified atom stereocenters. The van der Waals surface area contributed by atoms with Gasteiger partial charge in [0.2, 0.25) is 15.9 Å². The van der Waals surface area contributed by atoms with Crippen LogP contribution >= 0.6 is 0 Å². The third-order valence-electron chi connectivity index (χ3n) is 4.10. The number of anilines is 1. The van der Waals surface area contributed by atoms with Gasteiger partial charge in [-0.15, -0.1) is 0 Å². The van der Waals surface area contributed by atoms with Gasteiger partial charge in [0.05, 0.1) is 4.90 Å². The Morgan fingerprint density at radius 1 is 1.08 bits per heavy atom. The summed E-state index contributed by atoms with van der Waals surface area (Å²) >= 11 is 0. The first-order valence-corrected chi connectivity index (χ1v) is 9.76. The van der Waals surface area contributed by atoms with E-state index in [9.17, 15) is 17.6 Å². The van der Waals surface area contributed by atoms with Crippen molar-refractivity contribution in [1.29, 1.82) is 0 Å². The van der Waals surface area contributed by atoms with E-state index in [1.807, 2.05) is 0 Å². The SMILES string of the molecule is CC(C)N(C)S(=O)(=O)c1ccc(NC(=O)CCc2ccc(F)cc2)cc1. The average Bonchev–Trinajstić information content (AvgIpc) is 2.61. The smallest absolute Gasteiger partial charge is 0.243 e. The molecule has 0 aliphatic rings. The van der Waals surface area contributed by atoms with Crippen LogP contribution in [0, 0.1) is 5.82 Å². The summed E-state index contributed by atoms with van der Waals surface area (Å²) < 4.78 is 39.0. The van der Waals surface area contributed by atoms with Crippen LogP contribution in [0.25, 0.3) is 0 Å². The second-order valence-electron chi connectivity index (χ2n) is 6.31. The van der Waals surface area contributed by atoms with Crippen molar-refractivity contribution in [2.24, 2.45) is 0 Å². The Morgan fingerprint density at radius 2 is 1.65 bits per heavy atom. The predicted octanol–water partition coefficient (Wildman–Crippen LogP) is 3.43. The fourth-order valence-electron chi connectivity index (χ4n) is 2.29. The van der Waals surface area contributed by atoms with Crippen molar-refractivity contribution in [3.05, 3.63) is 59.9 Å². The van der Waals surface area contributed by atoms with Crippen LogP contribution in [-0.2, 0) is 21.2 Å². The summed E-state index contributed by atoms with van der Waals surface area (Å²) in [5.41, 5.74) is 1.40. The van der Waals surface area contributed by atoms with E-state index in [-0.39, 0.29) is 29.1 Å². The lowest BCUT2D eigenvalue weighted by Gasteiger charge is -2.21. The molecule has 2 rings (SSSR count). The van der Waals surface area contributed by atoms with Gasteiger partial charge in [0.15, 0.2) is 0 Å². The van der Waals surface area contributed by atoms with Gasteiger partial charge in [-0.3, -0.25) is 4.79 Å². The Bertz CT molecular complexity index is 847. The lowest BCUT2D eigenvalue weighted by atomic mass is 10.1. The largest absolute Gasteiger partial charge is 0.326 e. The maximum Gasteiger partial charge on any atom is 0.243 e. The molecule has 140 valence electrons. The first-order valence-electron chi connectivity index (χ1n) is 8.32. The molecule has 0 fully saturated rings. The van der Waals surface area contributed by atoms with Crippen molar-refractivity contribution in [3.63, 3.8) is 0 Å². The molecule has 0 saturated heterocycles. The number of carbonyl (C=O) groups is 1. The van der Waals surface area contributed by atoms with E-state index in [1.165, 1.54) is 35.6 Å². The quantitative estimate of drug-likeness (QED) is 0.803. The molecular formula is C19H23FN2O3S. The van der Waals surface area contributed by atoms with E-state index in [1.54, 1.807) is 38.1 Å². The lowest BCUT2D eigenvalue weighted by Crippen LogP contribution is -2.33. The van der Waals surface area contributed by atoms with Gasteiger partial charge >= 0.3 is 0 Å². The highest BCUT2D eigenvalue weighted by molar-refractivity contribution is 7.89. The van der Waals surface area contributed by atoms with Crippen LogP contribution in [0.5, 0.6) is 0 Å². The number of nitrogens with one attached hydrogen (secondary N) is 1. The van der Waals surface area contributed by atoms with E-state index in [0.29, 0.717) is 12.1 Å². The molecule has 0 aromatic heterocycles.